The normalized spacial score (nSPS) is 10.5. The highest BCUT2D eigenvalue weighted by atomic mass is 16.6. The maximum absolute atomic E-state index is 13.8. The molecular formula is C76H77NO11. The van der Waals surface area contributed by atoms with Gasteiger partial charge in [0.2, 0.25) is 0 Å². The molecule has 0 saturated heterocycles. The number of rotatable bonds is 36. The maximum atomic E-state index is 13.8. The van der Waals surface area contributed by atoms with E-state index in [1.54, 1.807) is 60.7 Å². The van der Waals surface area contributed by atoms with Gasteiger partial charge >= 0.3 is 17.9 Å². The van der Waals surface area contributed by atoms with E-state index in [1.807, 2.05) is 97.1 Å². The third-order valence-electron chi connectivity index (χ3n) is 13.9. The highest BCUT2D eigenvalue weighted by molar-refractivity contribution is 5.97. The van der Waals surface area contributed by atoms with Crippen molar-refractivity contribution in [1.82, 2.24) is 0 Å². The van der Waals surface area contributed by atoms with E-state index in [-0.39, 0.29) is 34.8 Å². The second-order valence-electron chi connectivity index (χ2n) is 20.7. The van der Waals surface area contributed by atoms with Crippen molar-refractivity contribution in [2.24, 2.45) is 0 Å². The summed E-state index contributed by atoms with van der Waals surface area (Å²) in [7, 11) is 0. The topological polar surface area (TPSA) is 149 Å². The van der Waals surface area contributed by atoms with Crippen molar-refractivity contribution in [3.05, 3.63) is 234 Å². The van der Waals surface area contributed by atoms with Crippen LogP contribution in [0.3, 0.4) is 0 Å². The molecule has 452 valence electrons. The smallest absolute Gasteiger partial charge is 0.343 e. The predicted molar refractivity (Wildman–Crippen MR) is 344 cm³/mol. The quantitative estimate of drug-likeness (QED) is 0.0121. The molecule has 0 saturated carbocycles. The lowest BCUT2D eigenvalue weighted by Crippen LogP contribution is -2.14. The van der Waals surface area contributed by atoms with Crippen molar-refractivity contribution in [3.8, 4) is 69.6 Å². The molecule has 0 atom stereocenters. The Balaban J connectivity index is 0.892. The van der Waals surface area contributed by atoms with Crippen molar-refractivity contribution < 1.29 is 52.3 Å². The lowest BCUT2D eigenvalue weighted by atomic mass is 10.0. The Bertz CT molecular complexity index is 3450. The molecule has 0 N–H and O–H groups in total. The standard InChI is InChI=1S/C76H77NO11/c1-3-49-81-51-13-9-11-16-54-83-68-41-29-61(30-42-68)21-19-59-23-35-66(36-24-59)74(78)87-71-47-48-73(88-75(79)67-37-25-60(26-38-67)20-22-62-31-43-69(44-32-62)84-55-17-12-10-14-52-82-50-4-2)72(57-71)76(80)86-56-18-8-6-5-7-15-53-85-70-45-39-65(40-46-70)64-33-27-63(58-77)28-34-64/h3-4,23-48,57H,1-2,5-18,49-56H2. The number of hydrogen-bond acceptors (Lipinski definition) is 12. The van der Waals surface area contributed by atoms with E-state index in [4.69, 9.17) is 43.2 Å². The zero-order valence-corrected chi connectivity index (χ0v) is 50.2. The van der Waals surface area contributed by atoms with Gasteiger partial charge in [0, 0.05) is 35.5 Å². The van der Waals surface area contributed by atoms with Crippen LogP contribution in [0.2, 0.25) is 0 Å². The molecule has 0 heterocycles. The fourth-order valence-corrected chi connectivity index (χ4v) is 8.94. The molecule has 12 heteroatoms. The Morgan fingerprint density at radius 2 is 0.705 bits per heavy atom. The number of unbranched alkanes of at least 4 members (excludes halogenated alkanes) is 11. The van der Waals surface area contributed by atoms with Gasteiger partial charge in [-0.25, -0.2) is 14.4 Å². The van der Waals surface area contributed by atoms with E-state index in [0.29, 0.717) is 56.1 Å². The van der Waals surface area contributed by atoms with E-state index in [0.717, 1.165) is 136 Å². The van der Waals surface area contributed by atoms with E-state index in [1.165, 1.54) is 18.2 Å². The van der Waals surface area contributed by atoms with E-state index >= 15 is 0 Å². The first-order valence-corrected chi connectivity index (χ1v) is 30.3. The Morgan fingerprint density at radius 3 is 1.12 bits per heavy atom. The molecular weight excluding hydrogens is 1100 g/mol. The molecule has 12 nitrogen and oxygen atoms in total. The van der Waals surface area contributed by atoms with Gasteiger partial charge in [-0.2, -0.15) is 5.26 Å². The summed E-state index contributed by atoms with van der Waals surface area (Å²) in [5.74, 6) is 12.9. The van der Waals surface area contributed by atoms with E-state index in [2.05, 4.69) is 42.9 Å². The molecule has 0 aliphatic heterocycles. The molecule has 0 amide bonds. The van der Waals surface area contributed by atoms with Crippen molar-refractivity contribution in [1.29, 1.82) is 5.26 Å². The molecule has 0 radical (unpaired) electrons. The Labute approximate surface area is 519 Å². The first kappa shape index (κ1) is 65.9. The summed E-state index contributed by atoms with van der Waals surface area (Å²) in [4.78, 5) is 40.9. The minimum absolute atomic E-state index is 0.0556. The summed E-state index contributed by atoms with van der Waals surface area (Å²) in [6.07, 6.45) is 17.1. The Kier molecular flexibility index (Phi) is 28.8. The molecule has 7 aromatic carbocycles. The average molecular weight is 1180 g/mol. The molecule has 0 aromatic heterocycles. The largest absolute Gasteiger partial charge is 0.494 e. The fraction of sp³-hybridized carbons (Fsp3) is 0.289. The first-order chi connectivity index (χ1) is 43.3. The first-order valence-electron chi connectivity index (χ1n) is 30.3. The van der Waals surface area contributed by atoms with Crippen LogP contribution in [0.25, 0.3) is 11.1 Å². The van der Waals surface area contributed by atoms with Crippen LogP contribution in [0.5, 0.6) is 28.7 Å². The van der Waals surface area contributed by atoms with Crippen molar-refractivity contribution in [2.45, 2.75) is 89.9 Å². The number of ether oxygens (including phenoxy) is 8. The summed E-state index contributed by atoms with van der Waals surface area (Å²) >= 11 is 0. The minimum Gasteiger partial charge on any atom is -0.494 e. The second-order valence-corrected chi connectivity index (χ2v) is 20.7. The van der Waals surface area contributed by atoms with Gasteiger partial charge in [-0.1, -0.05) is 98.6 Å². The Hall–Kier alpha value is -9.64. The third-order valence-corrected chi connectivity index (χ3v) is 13.9. The van der Waals surface area contributed by atoms with E-state index < -0.39 is 17.9 Å². The van der Waals surface area contributed by atoms with E-state index in [9.17, 15) is 14.4 Å². The van der Waals surface area contributed by atoms with Crippen molar-refractivity contribution in [3.63, 3.8) is 0 Å². The van der Waals surface area contributed by atoms with Crippen LogP contribution >= 0.6 is 0 Å². The van der Waals surface area contributed by atoms with Crippen LogP contribution in [0.15, 0.2) is 189 Å². The van der Waals surface area contributed by atoms with Crippen LogP contribution in [0.1, 0.15) is 149 Å². The molecule has 88 heavy (non-hydrogen) atoms. The molecule has 0 unspecified atom stereocenters. The summed E-state index contributed by atoms with van der Waals surface area (Å²) in [6, 6.07) is 50.4. The highest BCUT2D eigenvalue weighted by Gasteiger charge is 2.21. The summed E-state index contributed by atoms with van der Waals surface area (Å²) < 4.78 is 46.0. The van der Waals surface area contributed by atoms with Gasteiger partial charge in [-0.05, 0) is 202 Å². The number of benzene rings is 7. The van der Waals surface area contributed by atoms with Gasteiger partial charge < -0.3 is 37.9 Å². The van der Waals surface area contributed by atoms with Crippen LogP contribution in [0, 0.1) is 35.0 Å². The zero-order chi connectivity index (χ0) is 61.6. The number of nitrogens with zero attached hydrogens (tertiary/aromatic N) is 1. The molecule has 0 aliphatic carbocycles. The van der Waals surface area contributed by atoms with Crippen LogP contribution < -0.4 is 23.7 Å². The second kappa shape index (κ2) is 38.4. The SMILES string of the molecule is C=CCOCCCCCCOc1ccc(C#Cc2ccc(C(=O)Oc3ccc(OC(=O)c4ccc(C#Cc5ccc(OCCCCCCOCC=C)cc5)cc4)c(C(=O)OCCCCCCCCOc4ccc(-c5ccc(C#N)cc5)cc4)c3)cc2)cc1. The van der Waals surface area contributed by atoms with Gasteiger partial charge in [0.1, 0.15) is 34.3 Å². The van der Waals surface area contributed by atoms with Gasteiger partial charge in [-0.15, -0.1) is 13.2 Å². The predicted octanol–water partition coefficient (Wildman–Crippen LogP) is 16.3. The van der Waals surface area contributed by atoms with Gasteiger partial charge in [0.25, 0.3) is 0 Å². The van der Waals surface area contributed by atoms with Gasteiger partial charge in [0.15, 0.2) is 0 Å². The molecule has 0 aliphatic rings. The fourth-order valence-electron chi connectivity index (χ4n) is 8.94. The molecule has 0 fully saturated rings. The summed E-state index contributed by atoms with van der Waals surface area (Å²) in [6.45, 7) is 12.0. The monoisotopic (exact) mass is 1180 g/mol. The van der Waals surface area contributed by atoms with Crippen LogP contribution in [0.4, 0.5) is 0 Å². The van der Waals surface area contributed by atoms with Crippen molar-refractivity contribution >= 4 is 17.9 Å². The zero-order valence-electron chi connectivity index (χ0n) is 50.2. The third kappa shape index (κ3) is 24.0. The van der Waals surface area contributed by atoms with Gasteiger partial charge in [0.05, 0.1) is 62.4 Å². The molecule has 0 spiro atoms. The highest BCUT2D eigenvalue weighted by Crippen LogP contribution is 2.28. The maximum Gasteiger partial charge on any atom is 0.343 e. The minimum atomic E-state index is -0.734. The summed E-state index contributed by atoms with van der Waals surface area (Å²) in [5, 5.41) is 9.08. The number of esters is 3. The number of carbonyl (C=O) groups excluding carboxylic acids is 3. The average Bonchev–Trinajstić information content (AvgIpc) is 3.75. The molecule has 7 rings (SSSR count). The van der Waals surface area contributed by atoms with Crippen molar-refractivity contribution in [2.75, 3.05) is 52.9 Å². The lowest BCUT2D eigenvalue weighted by molar-refractivity contribution is 0.0490. The number of carbonyl (C=O) groups is 3. The molecule has 0 bridgehead atoms. The number of nitriles is 1. The Morgan fingerprint density at radius 1 is 0.364 bits per heavy atom. The van der Waals surface area contributed by atoms with Crippen LogP contribution in [-0.2, 0) is 14.2 Å². The van der Waals surface area contributed by atoms with Crippen LogP contribution in [-0.4, -0.2) is 70.8 Å². The number of hydrogen-bond donors (Lipinski definition) is 0. The molecule has 7 aromatic rings. The summed E-state index contributed by atoms with van der Waals surface area (Å²) in [5.41, 5.74) is 6.15. The van der Waals surface area contributed by atoms with Gasteiger partial charge in [-0.3, -0.25) is 0 Å². The lowest BCUT2D eigenvalue weighted by Gasteiger charge is -2.13.